The molecule has 0 aliphatic carbocycles. The summed E-state index contributed by atoms with van der Waals surface area (Å²) in [6, 6.07) is 16.0. The molecule has 1 aliphatic rings. The fraction of sp³-hybridized carbons (Fsp3) is 0.304. The predicted molar refractivity (Wildman–Crippen MR) is 124 cm³/mol. The number of thiocarbonyl (C=S) groups is 1. The highest BCUT2D eigenvalue weighted by atomic mass is 32.2. The maximum atomic E-state index is 11.8. The second-order valence-electron chi connectivity index (χ2n) is 6.85. The second-order valence-corrected chi connectivity index (χ2v) is 8.57. The van der Waals surface area contributed by atoms with E-state index in [2.05, 4.69) is 31.3 Å². The van der Waals surface area contributed by atoms with Gasteiger partial charge >= 0.3 is 0 Å². The number of carbonyl (C=O) groups excluding carboxylic acids is 1. The minimum atomic E-state index is -0.152. The Kier molecular flexibility index (Phi) is 7.72. The lowest BCUT2D eigenvalue weighted by molar-refractivity contribution is -0.115. The van der Waals surface area contributed by atoms with Gasteiger partial charge in [0.25, 0.3) is 5.91 Å². The highest BCUT2D eigenvalue weighted by Gasteiger charge is 2.21. The standard InChI is InChI=1S/C23H25NO3S2/c1-3-16(2)18-8-10-19(11-9-18)26-12-5-13-27-20-7-4-6-17(14-20)15-21-22(25)24-23(28)29-21/h4,6-11,14-16H,3,5,12-13H2,1-2H3,(H,24,25,28)/b21-15-/t16-/m1/s1. The number of ether oxygens (including phenoxy) is 2. The molecule has 0 saturated carbocycles. The van der Waals surface area contributed by atoms with Crippen molar-refractivity contribution in [2.75, 3.05) is 13.2 Å². The molecule has 4 nitrogen and oxygen atoms in total. The highest BCUT2D eigenvalue weighted by Crippen LogP contribution is 2.27. The number of rotatable bonds is 9. The van der Waals surface area contributed by atoms with Crippen molar-refractivity contribution in [1.29, 1.82) is 0 Å². The van der Waals surface area contributed by atoms with E-state index in [1.807, 2.05) is 42.5 Å². The van der Waals surface area contributed by atoms with E-state index in [0.29, 0.717) is 28.4 Å². The van der Waals surface area contributed by atoms with Crippen molar-refractivity contribution in [2.45, 2.75) is 32.6 Å². The fourth-order valence-corrected chi connectivity index (χ4v) is 3.88. The van der Waals surface area contributed by atoms with Crippen molar-refractivity contribution in [3.8, 4) is 11.5 Å². The third-order valence-electron chi connectivity index (χ3n) is 4.69. The molecular weight excluding hydrogens is 402 g/mol. The normalized spacial score (nSPS) is 16.0. The minimum absolute atomic E-state index is 0.152. The van der Waals surface area contributed by atoms with E-state index in [9.17, 15) is 4.79 Å². The predicted octanol–water partition coefficient (Wildman–Crippen LogP) is 5.54. The van der Waals surface area contributed by atoms with Crippen LogP contribution >= 0.6 is 24.0 Å². The molecule has 3 rings (SSSR count). The second kappa shape index (κ2) is 10.5. The lowest BCUT2D eigenvalue weighted by Crippen LogP contribution is -2.17. The van der Waals surface area contributed by atoms with Crippen LogP contribution in [0.3, 0.4) is 0 Å². The summed E-state index contributed by atoms with van der Waals surface area (Å²) >= 11 is 6.28. The SMILES string of the molecule is CC[C@@H](C)c1ccc(OCCCOc2cccc(/C=C3\SC(=S)NC3=O)c2)cc1. The van der Waals surface area contributed by atoms with Gasteiger partial charge < -0.3 is 14.8 Å². The Morgan fingerprint density at radius 3 is 2.48 bits per heavy atom. The van der Waals surface area contributed by atoms with Gasteiger partial charge in [0.1, 0.15) is 15.8 Å². The van der Waals surface area contributed by atoms with Crippen LogP contribution in [0.5, 0.6) is 11.5 Å². The van der Waals surface area contributed by atoms with E-state index in [1.54, 1.807) is 0 Å². The lowest BCUT2D eigenvalue weighted by atomic mass is 9.99. The van der Waals surface area contributed by atoms with Gasteiger partial charge in [-0.25, -0.2) is 0 Å². The van der Waals surface area contributed by atoms with Crippen LogP contribution in [0.1, 0.15) is 43.7 Å². The van der Waals surface area contributed by atoms with Gasteiger partial charge in [-0.3, -0.25) is 4.79 Å². The molecule has 1 heterocycles. The van der Waals surface area contributed by atoms with Crippen LogP contribution in [-0.2, 0) is 4.79 Å². The molecule has 0 bridgehead atoms. The van der Waals surface area contributed by atoms with E-state index in [0.717, 1.165) is 29.9 Å². The molecule has 0 spiro atoms. The first kappa shape index (κ1) is 21.4. The zero-order valence-electron chi connectivity index (χ0n) is 16.6. The largest absolute Gasteiger partial charge is 0.493 e. The third kappa shape index (κ3) is 6.34. The van der Waals surface area contributed by atoms with Gasteiger partial charge in [-0.2, -0.15) is 0 Å². The fourth-order valence-electron chi connectivity index (χ4n) is 2.83. The zero-order chi connectivity index (χ0) is 20.6. The number of hydrogen-bond donors (Lipinski definition) is 1. The Morgan fingerprint density at radius 2 is 1.83 bits per heavy atom. The van der Waals surface area contributed by atoms with Crippen molar-refractivity contribution < 1.29 is 14.3 Å². The van der Waals surface area contributed by atoms with E-state index >= 15 is 0 Å². The summed E-state index contributed by atoms with van der Waals surface area (Å²) in [6.45, 7) is 5.58. The van der Waals surface area contributed by atoms with Crippen LogP contribution in [0.25, 0.3) is 6.08 Å². The summed E-state index contributed by atoms with van der Waals surface area (Å²) in [6.07, 6.45) is 3.73. The van der Waals surface area contributed by atoms with Crippen LogP contribution in [0, 0.1) is 0 Å². The first-order chi connectivity index (χ1) is 14.0. The van der Waals surface area contributed by atoms with Crippen molar-refractivity contribution in [2.24, 2.45) is 0 Å². The average molecular weight is 428 g/mol. The van der Waals surface area contributed by atoms with Crippen molar-refractivity contribution in [3.63, 3.8) is 0 Å². The first-order valence-electron chi connectivity index (χ1n) is 9.75. The molecule has 0 radical (unpaired) electrons. The molecule has 1 N–H and O–H groups in total. The number of benzene rings is 2. The van der Waals surface area contributed by atoms with Gasteiger partial charge in [-0.1, -0.05) is 62.1 Å². The molecule has 1 amide bonds. The number of thioether (sulfide) groups is 1. The summed E-state index contributed by atoms with van der Waals surface area (Å²) in [7, 11) is 0. The van der Waals surface area contributed by atoms with E-state index in [4.69, 9.17) is 21.7 Å². The Morgan fingerprint density at radius 1 is 1.10 bits per heavy atom. The summed E-state index contributed by atoms with van der Waals surface area (Å²) in [4.78, 5) is 12.4. The van der Waals surface area contributed by atoms with Gasteiger partial charge in [0.2, 0.25) is 0 Å². The van der Waals surface area contributed by atoms with Gasteiger partial charge in [0.15, 0.2) is 0 Å². The molecule has 152 valence electrons. The Hall–Kier alpha value is -2.31. The third-order valence-corrected chi connectivity index (χ3v) is 5.85. The molecule has 0 aromatic heterocycles. The van der Waals surface area contributed by atoms with Gasteiger partial charge in [-0.05, 0) is 53.8 Å². The Bertz CT molecular complexity index is 893. The molecule has 1 saturated heterocycles. The maximum Gasteiger partial charge on any atom is 0.263 e. The molecule has 1 atom stereocenters. The van der Waals surface area contributed by atoms with E-state index in [-0.39, 0.29) is 5.91 Å². The van der Waals surface area contributed by atoms with Crippen LogP contribution in [0.15, 0.2) is 53.4 Å². The average Bonchev–Trinajstić information content (AvgIpc) is 3.04. The quantitative estimate of drug-likeness (QED) is 0.324. The monoisotopic (exact) mass is 427 g/mol. The van der Waals surface area contributed by atoms with Crippen LogP contribution in [0.2, 0.25) is 0 Å². The maximum absolute atomic E-state index is 11.8. The number of hydrogen-bond acceptors (Lipinski definition) is 5. The van der Waals surface area contributed by atoms with Crippen LogP contribution in [-0.4, -0.2) is 23.4 Å². The zero-order valence-corrected chi connectivity index (χ0v) is 18.3. The highest BCUT2D eigenvalue weighted by molar-refractivity contribution is 8.26. The molecule has 0 unspecified atom stereocenters. The van der Waals surface area contributed by atoms with Gasteiger partial charge in [0.05, 0.1) is 18.1 Å². The van der Waals surface area contributed by atoms with Crippen molar-refractivity contribution >= 4 is 40.3 Å². The molecule has 29 heavy (non-hydrogen) atoms. The first-order valence-corrected chi connectivity index (χ1v) is 11.0. The van der Waals surface area contributed by atoms with Crippen LogP contribution in [0.4, 0.5) is 0 Å². The number of carbonyl (C=O) groups is 1. The number of amides is 1. The molecule has 2 aromatic carbocycles. The number of nitrogens with one attached hydrogen (secondary N) is 1. The summed E-state index contributed by atoms with van der Waals surface area (Å²) < 4.78 is 12.1. The van der Waals surface area contributed by atoms with Gasteiger partial charge in [-0.15, -0.1) is 0 Å². The molecule has 6 heteroatoms. The Labute approximate surface area is 181 Å². The molecule has 1 aliphatic heterocycles. The molecule has 1 fully saturated rings. The molecular formula is C23H25NO3S2. The minimum Gasteiger partial charge on any atom is -0.493 e. The Balaban J connectivity index is 1.43. The van der Waals surface area contributed by atoms with Crippen molar-refractivity contribution in [3.05, 3.63) is 64.6 Å². The molecule has 2 aromatic rings. The van der Waals surface area contributed by atoms with E-state index in [1.165, 1.54) is 17.3 Å². The van der Waals surface area contributed by atoms with Crippen molar-refractivity contribution in [1.82, 2.24) is 5.32 Å². The van der Waals surface area contributed by atoms with E-state index < -0.39 is 0 Å². The summed E-state index contributed by atoms with van der Waals surface area (Å²) in [5.41, 5.74) is 2.25. The summed E-state index contributed by atoms with van der Waals surface area (Å²) in [5.74, 6) is 2.07. The smallest absolute Gasteiger partial charge is 0.263 e. The lowest BCUT2D eigenvalue weighted by Gasteiger charge is -2.11. The van der Waals surface area contributed by atoms with Crippen LogP contribution < -0.4 is 14.8 Å². The van der Waals surface area contributed by atoms with Gasteiger partial charge in [0, 0.05) is 6.42 Å². The summed E-state index contributed by atoms with van der Waals surface area (Å²) in [5, 5.41) is 2.62. The topological polar surface area (TPSA) is 47.6 Å².